The molecule has 1 amide bonds. The Morgan fingerprint density at radius 3 is 2.59 bits per heavy atom. The van der Waals surface area contributed by atoms with Crippen LogP contribution in [0.2, 0.25) is 0 Å². The van der Waals surface area contributed by atoms with Gasteiger partial charge in [0.25, 0.3) is 5.91 Å². The van der Waals surface area contributed by atoms with E-state index in [2.05, 4.69) is 20.5 Å². The first kappa shape index (κ1) is 20.9. The van der Waals surface area contributed by atoms with Gasteiger partial charge in [-0.15, -0.1) is 10.2 Å². The number of ether oxygens (including phenoxy) is 3. The Kier molecular flexibility index (Phi) is 7.25. The van der Waals surface area contributed by atoms with E-state index in [9.17, 15) is 4.79 Å². The molecule has 0 bridgehead atoms. The Labute approximate surface area is 176 Å². The Morgan fingerprint density at radius 2 is 1.93 bits per heavy atom. The Morgan fingerprint density at radius 1 is 1.14 bits per heavy atom. The number of carbonyl (C=O) groups is 1. The maximum atomic E-state index is 12.2. The van der Waals surface area contributed by atoms with Crippen LogP contribution in [0.3, 0.4) is 0 Å². The van der Waals surface area contributed by atoms with Crippen molar-refractivity contribution < 1.29 is 19.0 Å². The summed E-state index contributed by atoms with van der Waals surface area (Å²) in [5.41, 5.74) is 1.44. The minimum absolute atomic E-state index is 0.158. The standard InChI is InChI=1S/C19H20N4O4S2/c1-12-22-23-19(29-12)28-11-14-8-16(17(26-3)9-20-14)27-10-18(24)21-13-4-6-15(25-2)7-5-13/h4-9H,10-11H2,1-3H3,(H,21,24). The summed E-state index contributed by atoms with van der Waals surface area (Å²) in [5, 5.41) is 11.8. The van der Waals surface area contributed by atoms with Crippen molar-refractivity contribution >= 4 is 34.7 Å². The summed E-state index contributed by atoms with van der Waals surface area (Å²) in [4.78, 5) is 16.6. The first-order valence-electron chi connectivity index (χ1n) is 8.60. The van der Waals surface area contributed by atoms with E-state index in [1.807, 2.05) is 6.92 Å². The van der Waals surface area contributed by atoms with Gasteiger partial charge in [0.2, 0.25) is 0 Å². The summed E-state index contributed by atoms with van der Waals surface area (Å²) in [6, 6.07) is 8.82. The number of aromatic nitrogens is 3. The van der Waals surface area contributed by atoms with Gasteiger partial charge in [-0.25, -0.2) is 0 Å². The van der Waals surface area contributed by atoms with Crippen molar-refractivity contribution in [2.24, 2.45) is 0 Å². The molecule has 0 aliphatic heterocycles. The second-order valence-electron chi connectivity index (χ2n) is 5.77. The third kappa shape index (κ3) is 6.06. The molecule has 10 heteroatoms. The molecule has 0 spiro atoms. The van der Waals surface area contributed by atoms with Crippen LogP contribution in [-0.2, 0) is 10.5 Å². The van der Waals surface area contributed by atoms with Crippen molar-refractivity contribution in [2.75, 3.05) is 26.1 Å². The smallest absolute Gasteiger partial charge is 0.262 e. The van der Waals surface area contributed by atoms with Gasteiger partial charge in [0.1, 0.15) is 10.8 Å². The zero-order valence-electron chi connectivity index (χ0n) is 16.2. The summed E-state index contributed by atoms with van der Waals surface area (Å²) < 4.78 is 16.9. The molecule has 1 aromatic carbocycles. The fourth-order valence-electron chi connectivity index (χ4n) is 2.30. The summed E-state index contributed by atoms with van der Waals surface area (Å²) in [6.07, 6.45) is 1.58. The number of anilines is 1. The summed E-state index contributed by atoms with van der Waals surface area (Å²) in [7, 11) is 3.12. The van der Waals surface area contributed by atoms with E-state index in [4.69, 9.17) is 14.2 Å². The van der Waals surface area contributed by atoms with E-state index in [1.165, 1.54) is 18.4 Å². The fraction of sp³-hybridized carbons (Fsp3) is 0.263. The van der Waals surface area contributed by atoms with Crippen LogP contribution < -0.4 is 19.5 Å². The lowest BCUT2D eigenvalue weighted by Gasteiger charge is -2.12. The summed E-state index contributed by atoms with van der Waals surface area (Å²) >= 11 is 3.07. The molecule has 3 rings (SSSR count). The number of amides is 1. The van der Waals surface area contributed by atoms with E-state index in [-0.39, 0.29) is 12.5 Å². The third-order valence-electron chi connectivity index (χ3n) is 3.69. The number of rotatable bonds is 9. The fourth-order valence-corrected chi connectivity index (χ4v) is 4.02. The third-order valence-corrected chi connectivity index (χ3v) is 5.70. The van der Waals surface area contributed by atoms with Gasteiger partial charge in [-0.2, -0.15) is 0 Å². The second kappa shape index (κ2) is 10.1. The Hall–Kier alpha value is -2.85. The van der Waals surface area contributed by atoms with Crippen LogP contribution in [0.1, 0.15) is 10.7 Å². The molecule has 29 heavy (non-hydrogen) atoms. The van der Waals surface area contributed by atoms with Gasteiger partial charge in [-0.1, -0.05) is 23.1 Å². The van der Waals surface area contributed by atoms with E-state index in [0.717, 1.165) is 20.8 Å². The monoisotopic (exact) mass is 432 g/mol. The SMILES string of the molecule is COc1ccc(NC(=O)COc2cc(CSc3nnc(C)s3)ncc2OC)cc1. The van der Waals surface area contributed by atoms with E-state index in [0.29, 0.717) is 22.9 Å². The van der Waals surface area contributed by atoms with Crippen molar-refractivity contribution in [3.63, 3.8) is 0 Å². The zero-order chi connectivity index (χ0) is 20.6. The highest BCUT2D eigenvalue weighted by Crippen LogP contribution is 2.30. The minimum Gasteiger partial charge on any atom is -0.497 e. The molecular formula is C19H20N4O4S2. The minimum atomic E-state index is -0.283. The Bertz CT molecular complexity index is 963. The number of hydrogen-bond acceptors (Lipinski definition) is 9. The molecule has 0 radical (unpaired) electrons. The molecule has 152 valence electrons. The molecule has 3 aromatic rings. The molecule has 0 atom stereocenters. The van der Waals surface area contributed by atoms with Crippen molar-refractivity contribution in [1.82, 2.24) is 15.2 Å². The van der Waals surface area contributed by atoms with Crippen LogP contribution in [-0.4, -0.2) is 41.9 Å². The molecule has 2 heterocycles. The van der Waals surface area contributed by atoms with Gasteiger partial charge in [0.15, 0.2) is 22.4 Å². The molecule has 0 unspecified atom stereocenters. The molecule has 0 aliphatic rings. The average molecular weight is 433 g/mol. The molecular weight excluding hydrogens is 412 g/mol. The van der Waals surface area contributed by atoms with Gasteiger partial charge >= 0.3 is 0 Å². The molecule has 0 saturated carbocycles. The largest absolute Gasteiger partial charge is 0.497 e. The van der Waals surface area contributed by atoms with E-state index < -0.39 is 0 Å². The van der Waals surface area contributed by atoms with Crippen molar-refractivity contribution in [3.05, 3.63) is 47.2 Å². The highest BCUT2D eigenvalue weighted by Gasteiger charge is 2.11. The number of carbonyl (C=O) groups excluding carboxylic acids is 1. The van der Waals surface area contributed by atoms with Crippen LogP contribution in [0.15, 0.2) is 40.9 Å². The molecule has 0 aliphatic carbocycles. The lowest BCUT2D eigenvalue weighted by Crippen LogP contribution is -2.20. The number of aryl methyl sites for hydroxylation is 1. The van der Waals surface area contributed by atoms with Crippen molar-refractivity contribution in [2.45, 2.75) is 17.0 Å². The van der Waals surface area contributed by atoms with Crippen LogP contribution in [0, 0.1) is 6.92 Å². The number of methoxy groups -OCH3 is 2. The maximum absolute atomic E-state index is 12.2. The summed E-state index contributed by atoms with van der Waals surface area (Å²) in [5.74, 6) is 1.95. The van der Waals surface area contributed by atoms with E-state index >= 15 is 0 Å². The number of thioether (sulfide) groups is 1. The number of hydrogen-bond donors (Lipinski definition) is 1. The maximum Gasteiger partial charge on any atom is 0.262 e. The number of nitrogens with one attached hydrogen (secondary N) is 1. The topological polar surface area (TPSA) is 95.5 Å². The molecule has 8 nitrogen and oxygen atoms in total. The van der Waals surface area contributed by atoms with Crippen LogP contribution in [0.5, 0.6) is 17.2 Å². The predicted octanol–water partition coefficient (Wildman–Crippen LogP) is 3.57. The van der Waals surface area contributed by atoms with Crippen LogP contribution in [0.25, 0.3) is 0 Å². The quantitative estimate of drug-likeness (QED) is 0.513. The number of nitrogens with zero attached hydrogens (tertiary/aromatic N) is 3. The number of pyridine rings is 1. The van der Waals surface area contributed by atoms with Gasteiger partial charge in [0, 0.05) is 17.5 Å². The first-order valence-corrected chi connectivity index (χ1v) is 10.4. The second-order valence-corrected chi connectivity index (χ2v) is 8.17. The van der Waals surface area contributed by atoms with Gasteiger partial charge < -0.3 is 19.5 Å². The molecule has 1 N–H and O–H groups in total. The van der Waals surface area contributed by atoms with Gasteiger partial charge in [-0.3, -0.25) is 9.78 Å². The molecule has 0 fully saturated rings. The number of benzene rings is 1. The van der Waals surface area contributed by atoms with Gasteiger partial charge in [-0.05, 0) is 31.2 Å². The van der Waals surface area contributed by atoms with Crippen LogP contribution in [0.4, 0.5) is 5.69 Å². The highest BCUT2D eigenvalue weighted by molar-refractivity contribution is 8.00. The lowest BCUT2D eigenvalue weighted by atomic mass is 10.3. The normalized spacial score (nSPS) is 10.4. The Balaban J connectivity index is 1.58. The zero-order valence-corrected chi connectivity index (χ0v) is 17.8. The van der Waals surface area contributed by atoms with Gasteiger partial charge in [0.05, 0.1) is 26.1 Å². The predicted molar refractivity (Wildman–Crippen MR) is 112 cm³/mol. The highest BCUT2D eigenvalue weighted by atomic mass is 32.2. The van der Waals surface area contributed by atoms with Crippen molar-refractivity contribution in [3.8, 4) is 17.2 Å². The lowest BCUT2D eigenvalue weighted by molar-refractivity contribution is -0.118. The first-order chi connectivity index (χ1) is 14.1. The van der Waals surface area contributed by atoms with Crippen LogP contribution >= 0.6 is 23.1 Å². The van der Waals surface area contributed by atoms with Crippen molar-refractivity contribution in [1.29, 1.82) is 0 Å². The molecule has 0 saturated heterocycles. The molecule has 2 aromatic heterocycles. The average Bonchev–Trinajstić information content (AvgIpc) is 3.16. The summed E-state index contributed by atoms with van der Waals surface area (Å²) in [6.45, 7) is 1.75. The van der Waals surface area contributed by atoms with E-state index in [1.54, 1.807) is 55.4 Å².